The Morgan fingerprint density at radius 1 is 1.33 bits per heavy atom. The Morgan fingerprint density at radius 2 is 1.89 bits per heavy atom. The van der Waals surface area contributed by atoms with Crippen LogP contribution in [0.4, 0.5) is 4.79 Å². The zero-order chi connectivity index (χ0) is 14.4. The van der Waals surface area contributed by atoms with Crippen LogP contribution in [-0.4, -0.2) is 35.7 Å². The average Bonchev–Trinajstić information content (AvgIpc) is 2.22. The normalized spacial score (nSPS) is 16.8. The Kier molecular flexibility index (Phi) is 6.63. The molecule has 0 bridgehead atoms. The van der Waals surface area contributed by atoms with Crippen LogP contribution in [0, 0.1) is 0 Å². The summed E-state index contributed by atoms with van der Waals surface area (Å²) in [4.78, 5) is 11.8. The van der Waals surface area contributed by atoms with Crippen molar-refractivity contribution in [3.63, 3.8) is 0 Å². The first kappa shape index (κ1) is 17.2. The maximum absolute atomic E-state index is 11.8. The van der Waals surface area contributed by atoms with Crippen molar-refractivity contribution in [3.8, 4) is 0 Å². The highest BCUT2D eigenvalue weighted by atomic mass is 16.6. The number of nitrogens with one attached hydrogen (secondary N) is 1. The van der Waals surface area contributed by atoms with Crippen LogP contribution in [0.25, 0.3) is 0 Å². The summed E-state index contributed by atoms with van der Waals surface area (Å²) in [6, 6.07) is 0. The van der Waals surface area contributed by atoms with Gasteiger partial charge in [-0.05, 0) is 34.1 Å². The molecule has 2 atom stereocenters. The second-order valence-electron chi connectivity index (χ2n) is 5.74. The van der Waals surface area contributed by atoms with Gasteiger partial charge in [0.15, 0.2) is 6.29 Å². The topological polar surface area (TPSA) is 67.8 Å². The van der Waals surface area contributed by atoms with Crippen LogP contribution >= 0.6 is 0 Å². The summed E-state index contributed by atoms with van der Waals surface area (Å²) in [6.45, 7) is 9.18. The van der Waals surface area contributed by atoms with E-state index in [-0.39, 0.29) is 0 Å². The lowest BCUT2D eigenvalue weighted by atomic mass is 9.94. The largest absolute Gasteiger partial charge is 0.444 e. The number of carbonyl (C=O) groups is 1. The third kappa shape index (κ3) is 6.21. The Balaban J connectivity index is 4.63. The van der Waals surface area contributed by atoms with Gasteiger partial charge < -0.3 is 19.9 Å². The number of alkyl carbamates (subject to hydrolysis) is 1. The molecule has 1 amide bonds. The molecule has 0 fully saturated rings. The number of hydrogen-bond acceptors (Lipinski definition) is 4. The number of rotatable bonds is 6. The fourth-order valence-electron chi connectivity index (χ4n) is 1.59. The molecule has 0 aromatic rings. The van der Waals surface area contributed by atoms with E-state index >= 15 is 0 Å². The van der Waals surface area contributed by atoms with Gasteiger partial charge in [0, 0.05) is 7.11 Å². The van der Waals surface area contributed by atoms with Crippen LogP contribution in [0.3, 0.4) is 0 Å². The predicted octanol–water partition coefficient (Wildman–Crippen LogP) is 2.42. The highest BCUT2D eigenvalue weighted by molar-refractivity contribution is 5.68. The minimum atomic E-state index is -1.06. The monoisotopic (exact) mass is 261 g/mol. The van der Waals surface area contributed by atoms with Gasteiger partial charge in [-0.2, -0.15) is 0 Å². The Labute approximate surface area is 110 Å². The summed E-state index contributed by atoms with van der Waals surface area (Å²) in [5, 5.41) is 12.6. The van der Waals surface area contributed by atoms with E-state index in [1.807, 2.05) is 6.92 Å². The van der Waals surface area contributed by atoms with Crippen molar-refractivity contribution in [2.24, 2.45) is 0 Å². The fourth-order valence-corrected chi connectivity index (χ4v) is 1.59. The van der Waals surface area contributed by atoms with Crippen LogP contribution in [0.2, 0.25) is 0 Å². The summed E-state index contributed by atoms with van der Waals surface area (Å²) in [6.07, 6.45) is 0.876. The molecule has 0 saturated heterocycles. The van der Waals surface area contributed by atoms with Crippen molar-refractivity contribution < 1.29 is 19.4 Å². The zero-order valence-electron chi connectivity index (χ0n) is 12.4. The van der Waals surface area contributed by atoms with Crippen molar-refractivity contribution in [3.05, 3.63) is 0 Å². The molecule has 108 valence electrons. The zero-order valence-corrected chi connectivity index (χ0v) is 12.4. The third-order valence-electron chi connectivity index (χ3n) is 2.60. The van der Waals surface area contributed by atoms with Crippen LogP contribution in [0.15, 0.2) is 0 Å². The smallest absolute Gasteiger partial charge is 0.408 e. The molecule has 0 aromatic heterocycles. The van der Waals surface area contributed by atoms with E-state index in [0.717, 1.165) is 12.8 Å². The van der Waals surface area contributed by atoms with Gasteiger partial charge in [0.2, 0.25) is 0 Å². The molecular weight excluding hydrogens is 234 g/mol. The average molecular weight is 261 g/mol. The van der Waals surface area contributed by atoms with Crippen LogP contribution in [-0.2, 0) is 9.47 Å². The Bertz CT molecular complexity index is 262. The number of carbonyl (C=O) groups excluding carboxylic acids is 1. The van der Waals surface area contributed by atoms with E-state index < -0.39 is 23.5 Å². The van der Waals surface area contributed by atoms with Gasteiger partial charge in [0.25, 0.3) is 0 Å². The lowest BCUT2D eigenvalue weighted by Crippen LogP contribution is -2.56. The number of hydrogen-bond donors (Lipinski definition) is 2. The molecule has 0 spiro atoms. The van der Waals surface area contributed by atoms with E-state index in [9.17, 15) is 9.90 Å². The lowest BCUT2D eigenvalue weighted by Gasteiger charge is -2.35. The lowest BCUT2D eigenvalue weighted by molar-refractivity contribution is -0.130. The number of amides is 1. The van der Waals surface area contributed by atoms with Gasteiger partial charge in [-0.1, -0.05) is 19.8 Å². The van der Waals surface area contributed by atoms with E-state index in [1.54, 1.807) is 27.7 Å². The maximum Gasteiger partial charge on any atom is 0.408 e. The highest BCUT2D eigenvalue weighted by Gasteiger charge is 2.35. The van der Waals surface area contributed by atoms with Gasteiger partial charge in [-0.15, -0.1) is 0 Å². The maximum atomic E-state index is 11.8. The molecular formula is C13H27NO4. The predicted molar refractivity (Wildman–Crippen MR) is 70.3 cm³/mol. The molecule has 0 aliphatic heterocycles. The molecule has 5 heteroatoms. The van der Waals surface area contributed by atoms with Crippen LogP contribution < -0.4 is 5.32 Å². The van der Waals surface area contributed by atoms with Gasteiger partial charge in [-0.3, -0.25) is 0 Å². The number of aliphatic hydroxyl groups excluding tert-OH is 1. The minimum Gasteiger partial charge on any atom is -0.444 e. The molecule has 5 nitrogen and oxygen atoms in total. The second-order valence-corrected chi connectivity index (χ2v) is 5.74. The van der Waals surface area contributed by atoms with E-state index in [0.29, 0.717) is 6.42 Å². The number of unbranched alkanes of at least 4 members (excludes halogenated alkanes) is 1. The molecule has 0 rings (SSSR count). The first-order valence-corrected chi connectivity index (χ1v) is 6.36. The van der Waals surface area contributed by atoms with Crippen molar-refractivity contribution >= 4 is 6.09 Å². The van der Waals surface area contributed by atoms with Crippen LogP contribution in [0.1, 0.15) is 53.9 Å². The van der Waals surface area contributed by atoms with Crippen LogP contribution in [0.5, 0.6) is 0 Å². The second kappa shape index (κ2) is 6.95. The summed E-state index contributed by atoms with van der Waals surface area (Å²) < 4.78 is 10.1. The quantitative estimate of drug-likeness (QED) is 0.721. The van der Waals surface area contributed by atoms with Crippen molar-refractivity contribution in [2.45, 2.75) is 71.3 Å². The first-order valence-electron chi connectivity index (χ1n) is 6.36. The molecule has 0 aliphatic carbocycles. The molecule has 0 heterocycles. The molecule has 0 saturated carbocycles. The van der Waals surface area contributed by atoms with E-state index in [4.69, 9.17) is 9.47 Å². The fraction of sp³-hybridized carbons (Fsp3) is 0.923. The molecule has 0 aromatic carbocycles. The van der Waals surface area contributed by atoms with Gasteiger partial charge in [-0.25, -0.2) is 4.79 Å². The molecule has 1 unspecified atom stereocenters. The standard InChI is InChI=1S/C13H27NO4/c1-7-8-9-13(5,10(15)17-6)14-11(16)18-12(2,3)4/h10,15H,7-9H2,1-6H3,(H,14,16)/t10?,13-/m1/s1. The van der Waals surface area contributed by atoms with Gasteiger partial charge in [0.1, 0.15) is 5.60 Å². The molecule has 18 heavy (non-hydrogen) atoms. The molecule has 0 radical (unpaired) electrons. The Morgan fingerprint density at radius 3 is 2.28 bits per heavy atom. The first-order chi connectivity index (χ1) is 8.14. The summed E-state index contributed by atoms with van der Waals surface area (Å²) in [5.41, 5.74) is -1.40. The van der Waals surface area contributed by atoms with E-state index in [1.165, 1.54) is 7.11 Å². The summed E-state index contributed by atoms with van der Waals surface area (Å²) >= 11 is 0. The number of methoxy groups -OCH3 is 1. The molecule has 2 N–H and O–H groups in total. The number of ether oxygens (including phenoxy) is 2. The minimum absolute atomic E-state index is 0.544. The summed E-state index contributed by atoms with van der Waals surface area (Å²) in [7, 11) is 1.41. The van der Waals surface area contributed by atoms with E-state index in [2.05, 4.69) is 5.32 Å². The third-order valence-corrected chi connectivity index (χ3v) is 2.60. The molecule has 0 aliphatic rings. The van der Waals surface area contributed by atoms with Crippen molar-refractivity contribution in [1.82, 2.24) is 5.32 Å². The number of aliphatic hydroxyl groups is 1. The SMILES string of the molecule is CCCC[C@@](C)(NC(=O)OC(C)(C)C)C(O)OC. The van der Waals surface area contributed by atoms with Gasteiger partial charge in [0.05, 0.1) is 5.54 Å². The summed E-state index contributed by atoms with van der Waals surface area (Å²) in [5.74, 6) is 0. The van der Waals surface area contributed by atoms with Gasteiger partial charge >= 0.3 is 6.09 Å². The highest BCUT2D eigenvalue weighted by Crippen LogP contribution is 2.20. The van der Waals surface area contributed by atoms with Crippen molar-refractivity contribution in [1.29, 1.82) is 0 Å². The Hall–Kier alpha value is -0.810. The van der Waals surface area contributed by atoms with Crippen molar-refractivity contribution in [2.75, 3.05) is 7.11 Å².